The van der Waals surface area contributed by atoms with Gasteiger partial charge in [-0.1, -0.05) is 0 Å². The number of aryl methyl sites for hydroxylation is 1. The van der Waals surface area contributed by atoms with E-state index in [0.717, 1.165) is 36.9 Å². The third kappa shape index (κ3) is 2.13. The molecule has 1 heterocycles. The average Bonchev–Trinajstić information content (AvgIpc) is 2.29. The zero-order chi connectivity index (χ0) is 11.5. The fraction of sp³-hybridized carbons (Fsp3) is 0.545. The highest BCUT2D eigenvalue weighted by molar-refractivity contribution is 5.72. The number of nitrogens with zero attached hydrogens (tertiary/aromatic N) is 2. The summed E-state index contributed by atoms with van der Waals surface area (Å²) < 4.78 is 5.32. The number of carboxylic acid groups (broad SMARTS) is 1. The second kappa shape index (κ2) is 4.47. The molecule has 0 bridgehead atoms. The molecule has 0 aliphatic heterocycles. The number of carbonyl (C=O) groups is 1. The molecule has 1 atom stereocenters. The highest BCUT2D eigenvalue weighted by Gasteiger charge is 2.20. The van der Waals surface area contributed by atoms with Gasteiger partial charge < -0.3 is 9.84 Å². The third-order valence-corrected chi connectivity index (χ3v) is 2.72. The van der Waals surface area contributed by atoms with Crippen molar-refractivity contribution in [1.29, 1.82) is 0 Å². The minimum Gasteiger partial charge on any atom is -0.479 e. The highest BCUT2D eigenvalue weighted by Crippen LogP contribution is 2.26. The van der Waals surface area contributed by atoms with Crippen LogP contribution in [-0.4, -0.2) is 27.1 Å². The molecule has 0 radical (unpaired) electrons. The summed E-state index contributed by atoms with van der Waals surface area (Å²) in [5.74, 6) is -0.553. The summed E-state index contributed by atoms with van der Waals surface area (Å²) in [5.41, 5.74) is 1.97. The first-order chi connectivity index (χ1) is 7.68. The fourth-order valence-corrected chi connectivity index (χ4v) is 1.81. The van der Waals surface area contributed by atoms with Crippen molar-refractivity contribution in [3.8, 4) is 5.88 Å². The molecule has 0 aromatic carbocycles. The van der Waals surface area contributed by atoms with Gasteiger partial charge in [-0.25, -0.2) is 14.8 Å². The van der Waals surface area contributed by atoms with Crippen molar-refractivity contribution in [3.63, 3.8) is 0 Å². The number of carboxylic acids is 1. The van der Waals surface area contributed by atoms with E-state index >= 15 is 0 Å². The van der Waals surface area contributed by atoms with Gasteiger partial charge in [-0.3, -0.25) is 0 Å². The van der Waals surface area contributed by atoms with Gasteiger partial charge in [0.15, 0.2) is 6.10 Å². The molecule has 0 saturated carbocycles. The first-order valence-electron chi connectivity index (χ1n) is 5.40. The van der Waals surface area contributed by atoms with Gasteiger partial charge in [-0.2, -0.15) is 0 Å². The fourth-order valence-electron chi connectivity index (χ4n) is 1.81. The van der Waals surface area contributed by atoms with Crippen molar-refractivity contribution in [2.45, 2.75) is 38.7 Å². The molecule has 1 aliphatic rings. The summed E-state index contributed by atoms with van der Waals surface area (Å²) >= 11 is 0. The van der Waals surface area contributed by atoms with Crippen molar-refractivity contribution in [2.24, 2.45) is 0 Å². The number of hydrogen-bond acceptors (Lipinski definition) is 4. The Labute approximate surface area is 93.5 Å². The Morgan fingerprint density at radius 2 is 2.19 bits per heavy atom. The molecular formula is C11H14N2O3. The molecular weight excluding hydrogens is 208 g/mol. The van der Waals surface area contributed by atoms with Gasteiger partial charge in [0.2, 0.25) is 5.88 Å². The summed E-state index contributed by atoms with van der Waals surface area (Å²) in [7, 11) is 0. The second-order valence-electron chi connectivity index (χ2n) is 3.91. The van der Waals surface area contributed by atoms with E-state index < -0.39 is 12.1 Å². The van der Waals surface area contributed by atoms with E-state index in [1.807, 2.05) is 0 Å². The highest BCUT2D eigenvalue weighted by atomic mass is 16.5. The first-order valence-corrected chi connectivity index (χ1v) is 5.40. The van der Waals surface area contributed by atoms with Crippen molar-refractivity contribution in [2.75, 3.05) is 0 Å². The van der Waals surface area contributed by atoms with Crippen LogP contribution >= 0.6 is 0 Å². The summed E-state index contributed by atoms with van der Waals surface area (Å²) in [6.45, 7) is 1.50. The minimum atomic E-state index is -0.983. The van der Waals surface area contributed by atoms with Gasteiger partial charge >= 0.3 is 5.97 Å². The number of aromatic nitrogens is 2. The lowest BCUT2D eigenvalue weighted by atomic mass is 9.97. The molecule has 0 saturated heterocycles. The quantitative estimate of drug-likeness (QED) is 0.832. The van der Waals surface area contributed by atoms with Gasteiger partial charge in [-0.05, 0) is 32.6 Å². The standard InChI is InChI=1S/C11H14N2O3/c1-7(11(14)15)16-10-8-4-2-3-5-9(8)12-6-13-10/h6-7H,2-5H2,1H3,(H,14,15). The van der Waals surface area contributed by atoms with Crippen LogP contribution in [0.1, 0.15) is 31.0 Å². The number of rotatable bonds is 3. The molecule has 1 aromatic rings. The zero-order valence-electron chi connectivity index (χ0n) is 9.14. The first kappa shape index (κ1) is 10.9. The predicted octanol–water partition coefficient (Wildman–Crippen LogP) is 1.21. The van der Waals surface area contributed by atoms with Crippen molar-refractivity contribution in [3.05, 3.63) is 17.6 Å². The Hall–Kier alpha value is -1.65. The Morgan fingerprint density at radius 1 is 1.44 bits per heavy atom. The Kier molecular flexibility index (Phi) is 3.03. The Morgan fingerprint density at radius 3 is 2.94 bits per heavy atom. The van der Waals surface area contributed by atoms with Crippen molar-refractivity contribution in [1.82, 2.24) is 9.97 Å². The molecule has 1 aromatic heterocycles. The molecule has 1 N–H and O–H groups in total. The van der Waals surface area contributed by atoms with Crippen LogP contribution in [0.2, 0.25) is 0 Å². The molecule has 5 heteroatoms. The largest absolute Gasteiger partial charge is 0.479 e. The lowest BCUT2D eigenvalue weighted by Gasteiger charge is -2.18. The maximum Gasteiger partial charge on any atom is 0.344 e. The van der Waals surface area contributed by atoms with E-state index in [1.165, 1.54) is 13.3 Å². The van der Waals surface area contributed by atoms with Crippen LogP contribution in [0.5, 0.6) is 5.88 Å². The van der Waals surface area contributed by atoms with E-state index in [1.54, 1.807) is 0 Å². The number of ether oxygens (including phenoxy) is 1. The summed E-state index contributed by atoms with van der Waals surface area (Å²) in [6, 6.07) is 0. The van der Waals surface area contributed by atoms with Gasteiger partial charge in [0, 0.05) is 5.56 Å². The van der Waals surface area contributed by atoms with E-state index in [-0.39, 0.29) is 0 Å². The summed E-state index contributed by atoms with van der Waals surface area (Å²) in [5, 5.41) is 8.78. The smallest absolute Gasteiger partial charge is 0.344 e. The van der Waals surface area contributed by atoms with Crippen LogP contribution in [0.25, 0.3) is 0 Å². The Balaban J connectivity index is 2.24. The van der Waals surface area contributed by atoms with E-state index in [2.05, 4.69) is 9.97 Å². The maximum atomic E-state index is 10.7. The van der Waals surface area contributed by atoms with Gasteiger partial charge in [0.25, 0.3) is 0 Å². The molecule has 0 spiro atoms. The van der Waals surface area contributed by atoms with Crippen LogP contribution in [0.15, 0.2) is 6.33 Å². The molecule has 16 heavy (non-hydrogen) atoms. The van der Waals surface area contributed by atoms with Gasteiger partial charge in [0.1, 0.15) is 6.33 Å². The van der Waals surface area contributed by atoms with Crippen LogP contribution in [0, 0.1) is 0 Å². The van der Waals surface area contributed by atoms with Crippen molar-refractivity contribution >= 4 is 5.97 Å². The second-order valence-corrected chi connectivity index (χ2v) is 3.91. The third-order valence-electron chi connectivity index (χ3n) is 2.72. The van der Waals surface area contributed by atoms with E-state index in [4.69, 9.17) is 9.84 Å². The van der Waals surface area contributed by atoms with Crippen molar-refractivity contribution < 1.29 is 14.6 Å². The minimum absolute atomic E-state index is 0.430. The predicted molar refractivity (Wildman–Crippen MR) is 56.4 cm³/mol. The molecule has 0 amide bonds. The number of aliphatic carboxylic acids is 1. The lowest BCUT2D eigenvalue weighted by molar-refractivity contribution is -0.144. The zero-order valence-corrected chi connectivity index (χ0v) is 9.14. The average molecular weight is 222 g/mol. The molecule has 86 valence electrons. The Bertz CT molecular complexity index is 406. The molecule has 0 fully saturated rings. The monoisotopic (exact) mass is 222 g/mol. The van der Waals surface area contributed by atoms with Crippen LogP contribution in [-0.2, 0) is 17.6 Å². The van der Waals surface area contributed by atoms with E-state index in [9.17, 15) is 4.79 Å². The van der Waals surface area contributed by atoms with Crippen LogP contribution < -0.4 is 4.74 Å². The SMILES string of the molecule is CC(Oc1ncnc2c1CCCC2)C(=O)O. The summed E-state index contributed by atoms with van der Waals surface area (Å²) in [6.07, 6.45) is 4.57. The van der Waals surface area contributed by atoms with Gasteiger partial charge in [-0.15, -0.1) is 0 Å². The normalized spacial score (nSPS) is 16.3. The molecule has 1 unspecified atom stereocenters. The lowest BCUT2D eigenvalue weighted by Crippen LogP contribution is -2.24. The maximum absolute atomic E-state index is 10.7. The topological polar surface area (TPSA) is 72.3 Å². The molecule has 1 aliphatic carbocycles. The van der Waals surface area contributed by atoms with Gasteiger partial charge in [0.05, 0.1) is 5.69 Å². The van der Waals surface area contributed by atoms with E-state index in [0.29, 0.717) is 5.88 Å². The number of fused-ring (bicyclic) bond motifs is 1. The number of hydrogen-bond donors (Lipinski definition) is 1. The summed E-state index contributed by atoms with van der Waals surface area (Å²) in [4.78, 5) is 18.9. The van der Waals surface area contributed by atoms with Crippen LogP contribution in [0.3, 0.4) is 0 Å². The molecule has 5 nitrogen and oxygen atoms in total. The molecule has 2 rings (SSSR count). The van der Waals surface area contributed by atoms with Crippen LogP contribution in [0.4, 0.5) is 0 Å².